The van der Waals surface area contributed by atoms with Gasteiger partial charge in [-0.1, -0.05) is 20.8 Å². The molecule has 0 aliphatic rings. The summed E-state index contributed by atoms with van der Waals surface area (Å²) in [6, 6.07) is 8.46. The van der Waals surface area contributed by atoms with Gasteiger partial charge in [-0.2, -0.15) is 0 Å². The molecule has 2 aromatic carbocycles. The fraction of sp³-hybridized carbons (Fsp3) is 0.469. The minimum absolute atomic E-state index is 0.242. The predicted molar refractivity (Wildman–Crippen MR) is 151 cm³/mol. The Kier molecular flexibility index (Phi) is 10.5. The van der Waals surface area contributed by atoms with E-state index in [1.807, 2.05) is 26.8 Å². The highest BCUT2D eigenvalue weighted by atomic mass is 16.5. The van der Waals surface area contributed by atoms with Crippen molar-refractivity contribution in [3.8, 4) is 17.2 Å². The van der Waals surface area contributed by atoms with Gasteiger partial charge in [0.05, 0.1) is 23.0 Å². The summed E-state index contributed by atoms with van der Waals surface area (Å²) >= 11 is 0. The van der Waals surface area contributed by atoms with Crippen LogP contribution in [0.5, 0.6) is 17.2 Å². The summed E-state index contributed by atoms with van der Waals surface area (Å²) in [7, 11) is 0. The Morgan fingerprint density at radius 2 is 1.29 bits per heavy atom. The molecule has 0 saturated heterocycles. The van der Waals surface area contributed by atoms with Crippen molar-refractivity contribution in [3.05, 3.63) is 58.7 Å². The summed E-state index contributed by atoms with van der Waals surface area (Å²) in [5.41, 5.74) is 1.55. The monoisotopic (exact) mass is 522 g/mol. The van der Waals surface area contributed by atoms with E-state index in [9.17, 15) is 14.4 Å². The van der Waals surface area contributed by atoms with Crippen LogP contribution in [-0.4, -0.2) is 24.3 Å². The molecule has 6 nitrogen and oxygen atoms in total. The molecule has 0 atom stereocenters. The van der Waals surface area contributed by atoms with Crippen molar-refractivity contribution >= 4 is 23.8 Å². The van der Waals surface area contributed by atoms with Crippen molar-refractivity contribution in [1.29, 1.82) is 0 Å². The molecule has 0 amide bonds. The smallest absolute Gasteiger partial charge is 0.316 e. The first-order valence-electron chi connectivity index (χ1n) is 13.3. The van der Waals surface area contributed by atoms with Crippen LogP contribution in [0, 0.1) is 10.8 Å². The molecule has 0 bridgehead atoms. The second-order valence-corrected chi connectivity index (χ2v) is 11.3. The van der Waals surface area contributed by atoms with Crippen molar-refractivity contribution in [2.75, 3.05) is 6.61 Å². The highest BCUT2D eigenvalue weighted by Gasteiger charge is 2.27. The van der Waals surface area contributed by atoms with Crippen molar-refractivity contribution < 1.29 is 28.6 Å². The lowest BCUT2D eigenvalue weighted by Gasteiger charge is -2.23. The molecule has 0 saturated carbocycles. The van der Waals surface area contributed by atoms with E-state index in [1.54, 1.807) is 71.9 Å². The molecule has 0 N–H and O–H groups in total. The number of ketones is 1. The van der Waals surface area contributed by atoms with Crippen LogP contribution >= 0.6 is 0 Å². The van der Waals surface area contributed by atoms with Gasteiger partial charge in [0.15, 0.2) is 5.78 Å². The van der Waals surface area contributed by atoms with Gasteiger partial charge in [-0.3, -0.25) is 14.4 Å². The van der Waals surface area contributed by atoms with Crippen LogP contribution in [0.1, 0.15) is 95.8 Å². The second kappa shape index (κ2) is 12.9. The standard InChI is InChI=1S/C32H42O6/c1-10-19-36-27-21(11-2)20-22(12-3)28(38-30(35)32(7,8)9)25(27)17-18-26(33)23-13-15-24(16-14-23)37-29(34)31(4,5)6/h13-18,20H,10-12,19H2,1-9H3/b18-17+. The normalized spacial score (nSPS) is 11.9. The Morgan fingerprint density at radius 3 is 1.79 bits per heavy atom. The number of esters is 2. The lowest BCUT2D eigenvalue weighted by Crippen LogP contribution is -2.26. The molecule has 2 rings (SSSR count). The minimum atomic E-state index is -0.701. The lowest BCUT2D eigenvalue weighted by atomic mass is 9.95. The van der Waals surface area contributed by atoms with E-state index in [2.05, 4.69) is 0 Å². The highest BCUT2D eigenvalue weighted by Crippen LogP contribution is 2.39. The summed E-state index contributed by atoms with van der Waals surface area (Å²) in [5, 5.41) is 0. The number of allylic oxidation sites excluding steroid dienone is 1. The summed E-state index contributed by atoms with van der Waals surface area (Å²) < 4.78 is 17.5. The topological polar surface area (TPSA) is 78.9 Å². The van der Waals surface area contributed by atoms with Gasteiger partial charge < -0.3 is 14.2 Å². The summed E-state index contributed by atoms with van der Waals surface area (Å²) in [6.45, 7) is 17.3. The average Bonchev–Trinajstić information content (AvgIpc) is 2.85. The third-order valence-electron chi connectivity index (χ3n) is 5.80. The zero-order valence-electron chi connectivity index (χ0n) is 24.3. The second-order valence-electron chi connectivity index (χ2n) is 11.3. The van der Waals surface area contributed by atoms with Gasteiger partial charge >= 0.3 is 11.9 Å². The van der Waals surface area contributed by atoms with Gasteiger partial charge in [0.2, 0.25) is 0 Å². The van der Waals surface area contributed by atoms with Crippen molar-refractivity contribution in [1.82, 2.24) is 0 Å². The molecule has 6 heteroatoms. The van der Waals surface area contributed by atoms with Gasteiger partial charge in [-0.05, 0) is 114 Å². The molecule has 38 heavy (non-hydrogen) atoms. The van der Waals surface area contributed by atoms with Crippen LogP contribution in [0.2, 0.25) is 0 Å². The van der Waals surface area contributed by atoms with Gasteiger partial charge in [-0.25, -0.2) is 0 Å². The molecule has 0 radical (unpaired) electrons. The fourth-order valence-corrected chi connectivity index (χ4v) is 3.41. The molecule has 0 heterocycles. The maximum atomic E-state index is 13.1. The molecular weight excluding hydrogens is 480 g/mol. The minimum Gasteiger partial charge on any atom is -0.493 e. The van der Waals surface area contributed by atoms with Gasteiger partial charge in [0.1, 0.15) is 17.2 Å². The van der Waals surface area contributed by atoms with Crippen LogP contribution in [0.15, 0.2) is 36.4 Å². The quantitative estimate of drug-likeness (QED) is 0.140. The largest absolute Gasteiger partial charge is 0.493 e. The molecule has 0 aromatic heterocycles. The first-order chi connectivity index (χ1) is 17.7. The number of ether oxygens (including phenoxy) is 3. The number of aryl methyl sites for hydroxylation is 2. The number of carbonyl (C=O) groups excluding carboxylic acids is 3. The predicted octanol–water partition coefficient (Wildman–Crippen LogP) is 7.40. The average molecular weight is 523 g/mol. The first kappa shape index (κ1) is 30.8. The van der Waals surface area contributed by atoms with Gasteiger partial charge in [0, 0.05) is 5.56 Å². The van der Waals surface area contributed by atoms with Gasteiger partial charge in [-0.15, -0.1) is 0 Å². The van der Waals surface area contributed by atoms with E-state index < -0.39 is 10.8 Å². The van der Waals surface area contributed by atoms with Crippen molar-refractivity contribution in [2.45, 2.75) is 81.6 Å². The number of hydrogen-bond acceptors (Lipinski definition) is 6. The maximum Gasteiger partial charge on any atom is 0.316 e. The van der Waals surface area contributed by atoms with Crippen LogP contribution in [0.3, 0.4) is 0 Å². The molecule has 0 aliphatic heterocycles. The lowest BCUT2D eigenvalue weighted by molar-refractivity contribution is -0.143. The zero-order chi connectivity index (χ0) is 28.7. The van der Waals surface area contributed by atoms with Crippen LogP contribution in [0.25, 0.3) is 6.08 Å². The zero-order valence-corrected chi connectivity index (χ0v) is 24.3. The summed E-state index contributed by atoms with van der Waals surface area (Å²) in [6.07, 6.45) is 5.31. The van der Waals surface area contributed by atoms with E-state index in [4.69, 9.17) is 14.2 Å². The van der Waals surface area contributed by atoms with Crippen LogP contribution in [-0.2, 0) is 22.4 Å². The van der Waals surface area contributed by atoms with E-state index in [0.29, 0.717) is 41.4 Å². The molecule has 206 valence electrons. The summed E-state index contributed by atoms with van der Waals surface area (Å²) in [4.78, 5) is 38.1. The Hall–Kier alpha value is -3.41. The number of hydrogen-bond donors (Lipinski definition) is 0. The van der Waals surface area contributed by atoms with Crippen LogP contribution < -0.4 is 14.2 Å². The number of carbonyl (C=O) groups is 3. The Bertz CT molecular complexity index is 1170. The van der Waals surface area contributed by atoms with E-state index in [1.165, 1.54) is 6.08 Å². The van der Waals surface area contributed by atoms with Crippen molar-refractivity contribution in [2.24, 2.45) is 10.8 Å². The van der Waals surface area contributed by atoms with Crippen molar-refractivity contribution in [3.63, 3.8) is 0 Å². The van der Waals surface area contributed by atoms with E-state index in [0.717, 1.165) is 24.0 Å². The Morgan fingerprint density at radius 1 is 0.763 bits per heavy atom. The number of benzene rings is 2. The highest BCUT2D eigenvalue weighted by molar-refractivity contribution is 6.07. The SMILES string of the molecule is CCCOc1c(CC)cc(CC)c(OC(=O)C(C)(C)C)c1/C=C/C(=O)c1ccc(OC(=O)C(C)(C)C)cc1. The fourth-order valence-electron chi connectivity index (χ4n) is 3.41. The molecule has 2 aromatic rings. The van der Waals surface area contributed by atoms with E-state index in [-0.39, 0.29) is 17.7 Å². The molecule has 0 aliphatic carbocycles. The molecule has 0 spiro atoms. The molecule has 0 fully saturated rings. The number of rotatable bonds is 10. The third-order valence-corrected chi connectivity index (χ3v) is 5.80. The third kappa shape index (κ3) is 8.04. The summed E-state index contributed by atoms with van der Waals surface area (Å²) in [5.74, 6) is 0.463. The maximum absolute atomic E-state index is 13.1. The Balaban J connectivity index is 2.50. The van der Waals surface area contributed by atoms with E-state index >= 15 is 0 Å². The first-order valence-corrected chi connectivity index (χ1v) is 13.3. The van der Waals surface area contributed by atoms with Crippen LogP contribution in [0.4, 0.5) is 0 Å². The Labute approximate surface area is 227 Å². The molecule has 0 unspecified atom stereocenters. The van der Waals surface area contributed by atoms with Gasteiger partial charge in [0.25, 0.3) is 0 Å². The molecular formula is C32H42O6.